The van der Waals surface area contributed by atoms with Gasteiger partial charge in [-0.2, -0.15) is 0 Å². The molecular formula is C12H15BrFNO. The van der Waals surface area contributed by atoms with E-state index in [1.54, 1.807) is 6.07 Å². The quantitative estimate of drug-likeness (QED) is 0.892. The molecule has 0 unspecified atom stereocenters. The molecular weight excluding hydrogens is 273 g/mol. The van der Waals surface area contributed by atoms with Gasteiger partial charge in [-0.1, -0.05) is 6.07 Å². The van der Waals surface area contributed by atoms with Gasteiger partial charge in [0.1, 0.15) is 5.82 Å². The maximum atomic E-state index is 13.2. The highest BCUT2D eigenvalue weighted by Gasteiger charge is 2.33. The summed E-state index contributed by atoms with van der Waals surface area (Å²) >= 11 is 3.11. The predicted molar refractivity (Wildman–Crippen MR) is 64.6 cm³/mol. The van der Waals surface area contributed by atoms with E-state index in [1.807, 2.05) is 6.07 Å². The molecule has 1 aromatic rings. The first-order valence-electron chi connectivity index (χ1n) is 5.46. The summed E-state index contributed by atoms with van der Waals surface area (Å²) in [5.74, 6) is -0.248. The molecule has 1 aliphatic rings. The van der Waals surface area contributed by atoms with Gasteiger partial charge in [0.05, 0.1) is 10.1 Å². The lowest BCUT2D eigenvalue weighted by atomic mass is 9.80. The molecule has 0 amide bonds. The Morgan fingerprint density at radius 3 is 2.75 bits per heavy atom. The fraction of sp³-hybridized carbons (Fsp3) is 0.500. The molecule has 2 nitrogen and oxygen atoms in total. The second-order valence-electron chi connectivity index (χ2n) is 4.43. The number of hydrogen-bond donors (Lipinski definition) is 2. The molecule has 0 heterocycles. The maximum absolute atomic E-state index is 13.2. The van der Waals surface area contributed by atoms with Crippen LogP contribution in [0.3, 0.4) is 0 Å². The summed E-state index contributed by atoms with van der Waals surface area (Å²) < 4.78 is 13.7. The van der Waals surface area contributed by atoms with Crippen LogP contribution in [0.1, 0.15) is 24.8 Å². The molecule has 0 radical (unpaired) electrons. The zero-order valence-corrected chi connectivity index (χ0v) is 10.6. The van der Waals surface area contributed by atoms with Crippen molar-refractivity contribution in [3.8, 4) is 0 Å². The van der Waals surface area contributed by atoms with E-state index in [1.165, 1.54) is 6.07 Å². The minimum Gasteiger partial charge on any atom is -0.389 e. The molecule has 88 valence electrons. The molecule has 0 spiro atoms. The van der Waals surface area contributed by atoms with Crippen LogP contribution in [0.2, 0.25) is 0 Å². The Bertz CT molecular complexity index is 379. The summed E-state index contributed by atoms with van der Waals surface area (Å²) in [4.78, 5) is 0. The molecule has 2 rings (SSSR count). The van der Waals surface area contributed by atoms with Crippen molar-refractivity contribution in [3.63, 3.8) is 0 Å². The lowest BCUT2D eigenvalue weighted by molar-refractivity contribution is -0.0314. The maximum Gasteiger partial charge on any atom is 0.137 e. The van der Waals surface area contributed by atoms with Crippen molar-refractivity contribution in [1.29, 1.82) is 0 Å². The molecule has 1 saturated carbocycles. The van der Waals surface area contributed by atoms with E-state index < -0.39 is 5.60 Å². The molecule has 1 aliphatic carbocycles. The second kappa shape index (κ2) is 4.82. The van der Waals surface area contributed by atoms with Crippen LogP contribution in [0, 0.1) is 5.82 Å². The van der Waals surface area contributed by atoms with E-state index in [9.17, 15) is 9.50 Å². The number of aliphatic hydroxyl groups is 1. The van der Waals surface area contributed by atoms with Gasteiger partial charge in [-0.25, -0.2) is 4.39 Å². The number of benzene rings is 1. The van der Waals surface area contributed by atoms with Crippen LogP contribution >= 0.6 is 15.9 Å². The molecule has 0 bridgehead atoms. The minimum atomic E-state index is -0.520. The molecule has 4 heteroatoms. The molecule has 0 aliphatic heterocycles. The van der Waals surface area contributed by atoms with Crippen molar-refractivity contribution in [2.24, 2.45) is 0 Å². The summed E-state index contributed by atoms with van der Waals surface area (Å²) in [5, 5.41) is 13.0. The topological polar surface area (TPSA) is 32.3 Å². The van der Waals surface area contributed by atoms with Crippen molar-refractivity contribution in [3.05, 3.63) is 34.1 Å². The second-order valence-corrected chi connectivity index (χ2v) is 5.28. The number of nitrogens with one attached hydrogen (secondary N) is 1. The molecule has 16 heavy (non-hydrogen) atoms. The van der Waals surface area contributed by atoms with Gasteiger partial charge in [0.25, 0.3) is 0 Å². The highest BCUT2D eigenvalue weighted by Crippen LogP contribution is 2.30. The number of halogens is 2. The molecule has 1 aromatic carbocycles. The summed E-state index contributed by atoms with van der Waals surface area (Å²) in [6.07, 6.45) is 2.84. The van der Waals surface area contributed by atoms with Crippen molar-refractivity contribution in [2.45, 2.75) is 31.4 Å². The average Bonchev–Trinajstić information content (AvgIpc) is 2.21. The van der Waals surface area contributed by atoms with Gasteiger partial charge >= 0.3 is 0 Å². The molecule has 0 saturated heterocycles. The van der Waals surface area contributed by atoms with Gasteiger partial charge in [0.15, 0.2) is 0 Å². The third-order valence-electron chi connectivity index (χ3n) is 3.05. The first kappa shape index (κ1) is 12.0. The van der Waals surface area contributed by atoms with Gasteiger partial charge < -0.3 is 10.4 Å². The van der Waals surface area contributed by atoms with Crippen LogP contribution in [0.25, 0.3) is 0 Å². The fourth-order valence-electron chi connectivity index (χ4n) is 1.85. The third kappa shape index (κ3) is 2.81. The largest absolute Gasteiger partial charge is 0.389 e. The smallest absolute Gasteiger partial charge is 0.137 e. The van der Waals surface area contributed by atoms with E-state index in [-0.39, 0.29) is 5.82 Å². The summed E-state index contributed by atoms with van der Waals surface area (Å²) in [6.45, 7) is 1.18. The Morgan fingerprint density at radius 2 is 2.19 bits per heavy atom. The van der Waals surface area contributed by atoms with Crippen molar-refractivity contribution < 1.29 is 9.50 Å². The van der Waals surface area contributed by atoms with Crippen LogP contribution in [-0.2, 0) is 6.54 Å². The highest BCUT2D eigenvalue weighted by molar-refractivity contribution is 9.10. The van der Waals surface area contributed by atoms with E-state index in [0.717, 1.165) is 24.8 Å². The zero-order valence-electron chi connectivity index (χ0n) is 8.97. The first-order valence-corrected chi connectivity index (χ1v) is 6.25. The molecule has 2 N–H and O–H groups in total. The Kier molecular flexibility index (Phi) is 3.62. The van der Waals surface area contributed by atoms with Crippen LogP contribution in [-0.4, -0.2) is 17.3 Å². The normalized spacial score (nSPS) is 18.2. The number of rotatable bonds is 4. The molecule has 1 fully saturated rings. The third-order valence-corrected chi connectivity index (χ3v) is 3.69. The fourth-order valence-corrected chi connectivity index (χ4v) is 2.10. The highest BCUT2D eigenvalue weighted by atomic mass is 79.9. The molecule has 0 aromatic heterocycles. The monoisotopic (exact) mass is 287 g/mol. The van der Waals surface area contributed by atoms with Crippen LogP contribution in [0.15, 0.2) is 22.7 Å². The van der Waals surface area contributed by atoms with Crippen molar-refractivity contribution >= 4 is 15.9 Å². The van der Waals surface area contributed by atoms with Gasteiger partial charge in [-0.05, 0) is 52.9 Å². The van der Waals surface area contributed by atoms with Crippen molar-refractivity contribution in [2.75, 3.05) is 6.54 Å². The Morgan fingerprint density at radius 1 is 1.44 bits per heavy atom. The van der Waals surface area contributed by atoms with Crippen molar-refractivity contribution in [1.82, 2.24) is 5.32 Å². The zero-order chi connectivity index (χ0) is 11.6. The SMILES string of the molecule is OC1(CNCc2ccc(Br)c(F)c2)CCC1. The van der Waals surface area contributed by atoms with E-state index in [2.05, 4.69) is 21.2 Å². The lowest BCUT2D eigenvalue weighted by Gasteiger charge is -2.36. The van der Waals surface area contributed by atoms with Gasteiger partial charge in [-0.15, -0.1) is 0 Å². The van der Waals surface area contributed by atoms with Crippen LogP contribution in [0.5, 0.6) is 0 Å². The van der Waals surface area contributed by atoms with E-state index in [0.29, 0.717) is 17.6 Å². The molecule has 0 atom stereocenters. The van der Waals surface area contributed by atoms with E-state index in [4.69, 9.17) is 0 Å². The minimum absolute atomic E-state index is 0.248. The van der Waals surface area contributed by atoms with Crippen LogP contribution in [0.4, 0.5) is 4.39 Å². The lowest BCUT2D eigenvalue weighted by Crippen LogP contribution is -2.45. The Hall–Kier alpha value is -0.450. The van der Waals surface area contributed by atoms with Gasteiger partial charge in [-0.3, -0.25) is 0 Å². The van der Waals surface area contributed by atoms with Gasteiger partial charge in [0, 0.05) is 13.1 Å². The summed E-state index contributed by atoms with van der Waals surface area (Å²) in [5.41, 5.74) is 0.372. The summed E-state index contributed by atoms with van der Waals surface area (Å²) in [7, 11) is 0. The first-order chi connectivity index (χ1) is 7.59. The Balaban J connectivity index is 1.83. The summed E-state index contributed by atoms with van der Waals surface area (Å²) in [6, 6.07) is 5.07. The van der Waals surface area contributed by atoms with E-state index >= 15 is 0 Å². The standard InChI is InChI=1S/C12H15BrFNO/c13-10-3-2-9(6-11(10)14)7-15-8-12(16)4-1-5-12/h2-3,6,15-16H,1,4-5,7-8H2. The predicted octanol–water partition coefficient (Wildman–Crippen LogP) is 2.59. The van der Waals surface area contributed by atoms with Gasteiger partial charge in [0.2, 0.25) is 0 Å². The van der Waals surface area contributed by atoms with Crippen LogP contribution < -0.4 is 5.32 Å². The number of hydrogen-bond acceptors (Lipinski definition) is 2. The average molecular weight is 288 g/mol. The Labute approximate surface area is 103 Å².